The Balaban J connectivity index is 1.88. The molecule has 3 aromatic rings. The molecule has 1 aromatic carbocycles. The summed E-state index contributed by atoms with van der Waals surface area (Å²) < 4.78 is 1.78. The van der Waals surface area contributed by atoms with E-state index in [-0.39, 0.29) is 5.91 Å². The maximum Gasteiger partial charge on any atom is 0.267 e. The van der Waals surface area contributed by atoms with E-state index >= 15 is 0 Å². The number of nitrogens with one attached hydrogen (secondary N) is 1. The number of rotatable bonds is 3. The second kappa shape index (κ2) is 6.20. The molecule has 2 aromatic heterocycles. The van der Waals surface area contributed by atoms with Gasteiger partial charge in [0, 0.05) is 11.4 Å². The van der Waals surface area contributed by atoms with Crippen molar-refractivity contribution < 1.29 is 4.79 Å². The van der Waals surface area contributed by atoms with Crippen molar-refractivity contribution in [2.24, 2.45) is 0 Å². The van der Waals surface area contributed by atoms with Gasteiger partial charge in [-0.05, 0) is 63.9 Å². The molecule has 0 aliphatic carbocycles. The van der Waals surface area contributed by atoms with Gasteiger partial charge in [-0.15, -0.1) is 0 Å². The zero-order chi connectivity index (χ0) is 17.4. The maximum absolute atomic E-state index is 12.6. The molecule has 3 rings (SSSR count). The normalized spacial score (nSPS) is 10.9. The molecule has 0 aliphatic heterocycles. The van der Waals surface area contributed by atoms with Gasteiger partial charge in [0.15, 0.2) is 0 Å². The number of aromatic nitrogens is 3. The van der Waals surface area contributed by atoms with Gasteiger partial charge >= 0.3 is 0 Å². The molecule has 5 nitrogen and oxygen atoms in total. The van der Waals surface area contributed by atoms with E-state index in [9.17, 15) is 4.79 Å². The second-order valence-electron chi connectivity index (χ2n) is 6.00. The molecular weight excluding hydrogens is 320 g/mol. The number of benzene rings is 1. The van der Waals surface area contributed by atoms with Crippen molar-refractivity contribution in [1.82, 2.24) is 14.8 Å². The standard InChI is InChI=1S/C18H20N4OS/c1-10-6-7-15(8-11(10)2)20-17(23)16-14(5)19-18(24-16)22-13(4)9-12(3)21-22/h6-9H,1-5H3,(H,20,23). The molecule has 6 heteroatoms. The zero-order valence-corrected chi connectivity index (χ0v) is 15.3. The highest BCUT2D eigenvalue weighted by Gasteiger charge is 2.18. The largest absolute Gasteiger partial charge is 0.321 e. The zero-order valence-electron chi connectivity index (χ0n) is 14.5. The van der Waals surface area contributed by atoms with Gasteiger partial charge in [-0.3, -0.25) is 4.79 Å². The lowest BCUT2D eigenvalue weighted by Gasteiger charge is -2.06. The third-order valence-electron chi connectivity index (χ3n) is 3.95. The van der Waals surface area contributed by atoms with Gasteiger partial charge in [-0.2, -0.15) is 5.10 Å². The number of anilines is 1. The van der Waals surface area contributed by atoms with Crippen LogP contribution in [-0.4, -0.2) is 20.7 Å². The highest BCUT2D eigenvalue weighted by Crippen LogP contribution is 2.24. The molecule has 124 valence electrons. The van der Waals surface area contributed by atoms with E-state index in [1.165, 1.54) is 16.9 Å². The van der Waals surface area contributed by atoms with Crippen molar-refractivity contribution in [3.05, 3.63) is 57.4 Å². The van der Waals surface area contributed by atoms with E-state index < -0.39 is 0 Å². The first-order valence-corrected chi connectivity index (χ1v) is 8.56. The molecule has 0 bridgehead atoms. The summed E-state index contributed by atoms with van der Waals surface area (Å²) in [7, 11) is 0. The monoisotopic (exact) mass is 340 g/mol. The van der Waals surface area contributed by atoms with Gasteiger partial charge in [-0.1, -0.05) is 17.4 Å². The number of carbonyl (C=O) groups excluding carboxylic acids is 1. The van der Waals surface area contributed by atoms with Crippen LogP contribution in [0, 0.1) is 34.6 Å². The quantitative estimate of drug-likeness (QED) is 0.780. The molecule has 0 aliphatic rings. The van der Waals surface area contributed by atoms with E-state index in [1.54, 1.807) is 4.68 Å². The Morgan fingerprint density at radius 1 is 1.08 bits per heavy atom. The lowest BCUT2D eigenvalue weighted by atomic mass is 10.1. The Morgan fingerprint density at radius 2 is 1.83 bits per heavy atom. The summed E-state index contributed by atoms with van der Waals surface area (Å²) >= 11 is 1.35. The molecular formula is C18H20N4OS. The number of hydrogen-bond acceptors (Lipinski definition) is 4. The minimum Gasteiger partial charge on any atom is -0.321 e. The van der Waals surface area contributed by atoms with Gasteiger partial charge in [-0.25, -0.2) is 9.67 Å². The van der Waals surface area contributed by atoms with Gasteiger partial charge < -0.3 is 5.32 Å². The third kappa shape index (κ3) is 3.10. The van der Waals surface area contributed by atoms with Crippen molar-refractivity contribution in [2.75, 3.05) is 5.32 Å². The average Bonchev–Trinajstić information content (AvgIpc) is 3.05. The molecule has 0 fully saturated rings. The summed E-state index contributed by atoms with van der Waals surface area (Å²) in [5, 5.41) is 8.10. The predicted molar refractivity (Wildman–Crippen MR) is 97.3 cm³/mol. The highest BCUT2D eigenvalue weighted by atomic mass is 32.1. The topological polar surface area (TPSA) is 59.8 Å². The van der Waals surface area contributed by atoms with Crippen LogP contribution >= 0.6 is 11.3 Å². The Labute approximate surface area is 145 Å². The number of amides is 1. The minimum absolute atomic E-state index is 0.138. The fourth-order valence-electron chi connectivity index (χ4n) is 2.51. The number of aryl methyl sites for hydroxylation is 5. The van der Waals surface area contributed by atoms with Crippen LogP contribution < -0.4 is 5.32 Å². The van der Waals surface area contributed by atoms with Crippen LogP contribution in [-0.2, 0) is 0 Å². The lowest BCUT2D eigenvalue weighted by molar-refractivity contribution is 0.103. The Morgan fingerprint density at radius 3 is 2.46 bits per heavy atom. The van der Waals surface area contributed by atoms with E-state index in [2.05, 4.69) is 22.3 Å². The second-order valence-corrected chi connectivity index (χ2v) is 6.98. The van der Waals surface area contributed by atoms with Crippen LogP contribution in [0.4, 0.5) is 5.69 Å². The summed E-state index contributed by atoms with van der Waals surface area (Å²) in [6.07, 6.45) is 0. The van der Waals surface area contributed by atoms with Crippen LogP contribution in [0.1, 0.15) is 37.9 Å². The first kappa shape index (κ1) is 16.4. The molecule has 24 heavy (non-hydrogen) atoms. The van der Waals surface area contributed by atoms with E-state index in [1.807, 2.05) is 52.0 Å². The van der Waals surface area contributed by atoms with Crippen LogP contribution in [0.5, 0.6) is 0 Å². The fraction of sp³-hybridized carbons (Fsp3) is 0.278. The molecule has 0 radical (unpaired) electrons. The van der Waals surface area contributed by atoms with Crippen LogP contribution in [0.3, 0.4) is 0 Å². The van der Waals surface area contributed by atoms with Gasteiger partial charge in [0.2, 0.25) is 5.13 Å². The highest BCUT2D eigenvalue weighted by molar-refractivity contribution is 7.16. The molecule has 0 atom stereocenters. The number of thiazole rings is 1. The van der Waals surface area contributed by atoms with Crippen LogP contribution in [0.2, 0.25) is 0 Å². The van der Waals surface area contributed by atoms with Gasteiger partial charge in [0.25, 0.3) is 5.91 Å². The first-order valence-electron chi connectivity index (χ1n) is 7.75. The summed E-state index contributed by atoms with van der Waals surface area (Å²) in [5.41, 5.74) is 5.79. The molecule has 0 unspecified atom stereocenters. The van der Waals surface area contributed by atoms with Gasteiger partial charge in [0.1, 0.15) is 4.88 Å². The average molecular weight is 340 g/mol. The Hall–Kier alpha value is -2.47. The molecule has 0 spiro atoms. The van der Waals surface area contributed by atoms with Crippen molar-refractivity contribution in [3.8, 4) is 5.13 Å². The summed E-state index contributed by atoms with van der Waals surface area (Å²) in [4.78, 5) is 17.7. The van der Waals surface area contributed by atoms with E-state index in [4.69, 9.17) is 0 Å². The fourth-order valence-corrected chi connectivity index (χ4v) is 3.49. The van der Waals surface area contributed by atoms with Crippen molar-refractivity contribution in [2.45, 2.75) is 34.6 Å². The SMILES string of the molecule is Cc1cc(C)n(-c2nc(C)c(C(=O)Nc3ccc(C)c(C)c3)s2)n1. The van der Waals surface area contributed by atoms with Crippen LogP contribution in [0.25, 0.3) is 5.13 Å². The molecule has 1 N–H and O–H groups in total. The number of nitrogens with zero attached hydrogens (tertiary/aromatic N) is 3. The molecule has 0 saturated heterocycles. The smallest absolute Gasteiger partial charge is 0.267 e. The number of carbonyl (C=O) groups is 1. The maximum atomic E-state index is 12.6. The first-order chi connectivity index (χ1) is 11.3. The molecule has 0 saturated carbocycles. The Bertz CT molecular complexity index is 923. The van der Waals surface area contributed by atoms with E-state index in [0.29, 0.717) is 15.7 Å². The molecule has 2 heterocycles. The van der Waals surface area contributed by atoms with E-state index in [0.717, 1.165) is 22.6 Å². The summed E-state index contributed by atoms with van der Waals surface area (Å²) in [5.74, 6) is -0.138. The number of hydrogen-bond donors (Lipinski definition) is 1. The lowest BCUT2D eigenvalue weighted by Crippen LogP contribution is -2.11. The van der Waals surface area contributed by atoms with Crippen LogP contribution in [0.15, 0.2) is 24.3 Å². The minimum atomic E-state index is -0.138. The predicted octanol–water partition coefficient (Wildman–Crippen LogP) is 4.12. The van der Waals surface area contributed by atoms with Crippen molar-refractivity contribution in [1.29, 1.82) is 0 Å². The van der Waals surface area contributed by atoms with Gasteiger partial charge in [0.05, 0.1) is 11.4 Å². The summed E-state index contributed by atoms with van der Waals surface area (Å²) in [6, 6.07) is 7.89. The third-order valence-corrected chi connectivity index (χ3v) is 5.08. The molecule has 1 amide bonds. The Kier molecular flexibility index (Phi) is 4.24. The summed E-state index contributed by atoms with van der Waals surface area (Å²) in [6.45, 7) is 9.85. The van der Waals surface area contributed by atoms with Crippen molar-refractivity contribution in [3.63, 3.8) is 0 Å². The van der Waals surface area contributed by atoms with Crippen molar-refractivity contribution >= 4 is 22.9 Å².